The maximum Gasteiger partial charge on any atom is 0.115 e. The predicted molar refractivity (Wildman–Crippen MR) is 138 cm³/mol. The molecule has 0 heterocycles. The monoisotopic (exact) mass is 434 g/mol. The first kappa shape index (κ1) is 27.4. The number of aromatic hydroxyl groups is 1. The molecule has 0 aliphatic rings. The number of hydrogen-bond acceptors (Lipinski definition) is 2. The topological polar surface area (TPSA) is 20.2 Å². The predicted octanol–water partition coefficient (Wildman–Crippen LogP) is 9.88. The van der Waals surface area contributed by atoms with E-state index >= 15 is 0 Å². The van der Waals surface area contributed by atoms with Crippen LogP contribution in [0.4, 0.5) is 0 Å². The summed E-state index contributed by atoms with van der Waals surface area (Å²) in [5, 5.41) is 9.62. The third-order valence-corrected chi connectivity index (χ3v) is 7.45. The second kappa shape index (κ2) is 20.3. The van der Waals surface area contributed by atoms with Gasteiger partial charge >= 0.3 is 0 Å². The fraction of sp³-hybridized carbons (Fsp3) is 0.786. The molecule has 0 spiro atoms. The van der Waals surface area contributed by atoms with Gasteiger partial charge in [0.2, 0.25) is 0 Å². The lowest BCUT2D eigenvalue weighted by atomic mass is 9.94. The SMILES string of the molecule is CCCCCCCCCCCCSCC(CCCCCCCC)c1ccc(O)cc1. The van der Waals surface area contributed by atoms with Gasteiger partial charge in [-0.25, -0.2) is 0 Å². The van der Waals surface area contributed by atoms with Gasteiger partial charge in [-0.1, -0.05) is 122 Å². The van der Waals surface area contributed by atoms with Gasteiger partial charge < -0.3 is 5.11 Å². The van der Waals surface area contributed by atoms with Crippen molar-refractivity contribution >= 4 is 11.8 Å². The van der Waals surface area contributed by atoms with Crippen LogP contribution in [0.1, 0.15) is 134 Å². The van der Waals surface area contributed by atoms with Crippen LogP contribution in [0.3, 0.4) is 0 Å². The molecule has 0 fully saturated rings. The molecule has 0 amide bonds. The van der Waals surface area contributed by atoms with E-state index in [0.717, 1.165) is 0 Å². The minimum atomic E-state index is 0.384. The van der Waals surface area contributed by atoms with E-state index in [2.05, 4.69) is 37.7 Å². The first-order valence-corrected chi connectivity index (χ1v) is 14.3. The van der Waals surface area contributed by atoms with E-state index in [9.17, 15) is 5.11 Å². The van der Waals surface area contributed by atoms with Crippen LogP contribution in [-0.2, 0) is 0 Å². The Kier molecular flexibility index (Phi) is 18.5. The van der Waals surface area contributed by atoms with Gasteiger partial charge in [0.25, 0.3) is 0 Å². The van der Waals surface area contributed by atoms with Gasteiger partial charge in [-0.15, -0.1) is 0 Å². The molecule has 1 nitrogen and oxygen atoms in total. The summed E-state index contributed by atoms with van der Waals surface area (Å²) >= 11 is 2.15. The lowest BCUT2D eigenvalue weighted by molar-refractivity contribution is 0.474. The molecule has 174 valence electrons. The zero-order valence-corrected chi connectivity index (χ0v) is 21.0. The Morgan fingerprint density at radius 1 is 0.633 bits per heavy atom. The van der Waals surface area contributed by atoms with Gasteiger partial charge in [0, 0.05) is 5.75 Å². The average molecular weight is 435 g/mol. The Labute approximate surface area is 192 Å². The van der Waals surface area contributed by atoms with E-state index in [1.54, 1.807) is 0 Å². The fourth-order valence-electron chi connectivity index (χ4n) is 4.18. The quantitative estimate of drug-likeness (QED) is 0.194. The molecular formula is C28H50OS. The minimum Gasteiger partial charge on any atom is -0.508 e. The Bertz CT molecular complexity index is 470. The molecule has 0 saturated heterocycles. The number of benzene rings is 1. The van der Waals surface area contributed by atoms with Gasteiger partial charge in [0.1, 0.15) is 5.75 Å². The van der Waals surface area contributed by atoms with Crippen LogP contribution >= 0.6 is 11.8 Å². The molecule has 1 aromatic carbocycles. The third-order valence-electron chi connectivity index (χ3n) is 6.23. The van der Waals surface area contributed by atoms with Gasteiger partial charge in [0.15, 0.2) is 0 Å². The molecule has 1 rings (SSSR count). The summed E-state index contributed by atoms with van der Waals surface area (Å²) in [6.45, 7) is 4.58. The molecule has 2 heteroatoms. The summed E-state index contributed by atoms with van der Waals surface area (Å²) < 4.78 is 0. The Morgan fingerprint density at radius 3 is 1.63 bits per heavy atom. The van der Waals surface area contributed by atoms with E-state index in [0.29, 0.717) is 11.7 Å². The highest BCUT2D eigenvalue weighted by atomic mass is 32.2. The van der Waals surface area contributed by atoms with Crippen LogP contribution in [0.15, 0.2) is 24.3 Å². The average Bonchev–Trinajstić information content (AvgIpc) is 2.76. The van der Waals surface area contributed by atoms with E-state index in [4.69, 9.17) is 0 Å². The van der Waals surface area contributed by atoms with Crippen molar-refractivity contribution in [3.63, 3.8) is 0 Å². The van der Waals surface area contributed by atoms with Gasteiger partial charge in [-0.3, -0.25) is 0 Å². The van der Waals surface area contributed by atoms with Crippen molar-refractivity contribution in [3.05, 3.63) is 29.8 Å². The molecule has 1 unspecified atom stereocenters. The number of unbranched alkanes of at least 4 members (excludes halogenated alkanes) is 14. The van der Waals surface area contributed by atoms with Crippen molar-refractivity contribution in [1.29, 1.82) is 0 Å². The van der Waals surface area contributed by atoms with Gasteiger partial charge in [-0.05, 0) is 42.2 Å². The summed E-state index contributed by atoms with van der Waals surface area (Å²) in [7, 11) is 0. The molecule has 0 aliphatic heterocycles. The fourth-order valence-corrected chi connectivity index (χ4v) is 5.40. The highest BCUT2D eigenvalue weighted by Gasteiger charge is 2.12. The number of phenols is 1. The van der Waals surface area contributed by atoms with Crippen LogP contribution in [0, 0.1) is 0 Å². The lowest BCUT2D eigenvalue weighted by Gasteiger charge is -2.17. The van der Waals surface area contributed by atoms with Crippen LogP contribution in [0.2, 0.25) is 0 Å². The van der Waals surface area contributed by atoms with Gasteiger partial charge in [0.05, 0.1) is 0 Å². The Balaban J connectivity index is 2.14. The molecule has 0 radical (unpaired) electrons. The van der Waals surface area contributed by atoms with Crippen molar-refractivity contribution in [1.82, 2.24) is 0 Å². The summed E-state index contributed by atoms with van der Waals surface area (Å²) in [6, 6.07) is 7.99. The third kappa shape index (κ3) is 15.2. The number of rotatable bonds is 21. The van der Waals surface area contributed by atoms with Crippen LogP contribution in [0.5, 0.6) is 5.75 Å². The van der Waals surface area contributed by atoms with E-state index in [-0.39, 0.29) is 0 Å². The molecule has 1 atom stereocenters. The van der Waals surface area contributed by atoms with Crippen molar-refractivity contribution in [2.75, 3.05) is 11.5 Å². The molecular weight excluding hydrogens is 384 g/mol. The van der Waals surface area contributed by atoms with Crippen LogP contribution < -0.4 is 0 Å². The molecule has 0 saturated carbocycles. The van der Waals surface area contributed by atoms with Crippen molar-refractivity contribution in [2.45, 2.75) is 129 Å². The largest absolute Gasteiger partial charge is 0.508 e. The molecule has 0 aromatic heterocycles. The number of phenolic OH excluding ortho intramolecular Hbond substituents is 1. The molecule has 30 heavy (non-hydrogen) atoms. The normalized spacial score (nSPS) is 12.3. The summed E-state index contributed by atoms with van der Waals surface area (Å²) in [6.07, 6.45) is 23.7. The smallest absolute Gasteiger partial charge is 0.115 e. The van der Waals surface area contributed by atoms with Crippen LogP contribution in [-0.4, -0.2) is 16.6 Å². The van der Waals surface area contributed by atoms with Crippen molar-refractivity contribution < 1.29 is 5.11 Å². The number of thioether (sulfide) groups is 1. The maximum absolute atomic E-state index is 9.62. The standard InChI is InChI=1S/C28H50OS/c1-3-5-7-9-11-12-13-14-16-18-24-30-25-27(19-17-15-10-8-6-4-2)26-20-22-28(29)23-21-26/h20-23,27,29H,3-19,24-25H2,1-2H3. The second-order valence-electron chi connectivity index (χ2n) is 9.10. The highest BCUT2D eigenvalue weighted by Crippen LogP contribution is 2.28. The Hall–Kier alpha value is -0.630. The van der Waals surface area contributed by atoms with Gasteiger partial charge in [-0.2, -0.15) is 11.8 Å². The zero-order chi connectivity index (χ0) is 21.7. The lowest BCUT2D eigenvalue weighted by Crippen LogP contribution is -2.03. The minimum absolute atomic E-state index is 0.384. The van der Waals surface area contributed by atoms with E-state index in [1.807, 2.05) is 12.1 Å². The van der Waals surface area contributed by atoms with E-state index < -0.39 is 0 Å². The zero-order valence-electron chi connectivity index (χ0n) is 20.2. The second-order valence-corrected chi connectivity index (χ2v) is 10.3. The molecule has 0 aliphatic carbocycles. The van der Waals surface area contributed by atoms with Crippen molar-refractivity contribution in [3.8, 4) is 5.75 Å². The first-order chi connectivity index (χ1) is 14.8. The highest BCUT2D eigenvalue weighted by molar-refractivity contribution is 7.99. The Morgan fingerprint density at radius 2 is 1.10 bits per heavy atom. The summed E-state index contributed by atoms with van der Waals surface area (Å²) in [4.78, 5) is 0. The van der Waals surface area contributed by atoms with Crippen molar-refractivity contribution in [2.24, 2.45) is 0 Å². The first-order valence-electron chi connectivity index (χ1n) is 13.1. The van der Waals surface area contributed by atoms with Crippen LogP contribution in [0.25, 0.3) is 0 Å². The molecule has 1 aromatic rings. The maximum atomic E-state index is 9.62. The van der Waals surface area contributed by atoms with E-state index in [1.165, 1.54) is 126 Å². The molecule has 0 bridgehead atoms. The summed E-state index contributed by atoms with van der Waals surface area (Å²) in [5.74, 6) is 3.57. The summed E-state index contributed by atoms with van der Waals surface area (Å²) in [5.41, 5.74) is 1.41. The molecule has 1 N–H and O–H groups in total. The number of hydrogen-bond donors (Lipinski definition) is 1.